The molecule has 0 aromatic rings. The van der Waals surface area contributed by atoms with E-state index in [1.54, 1.807) is 4.90 Å². The van der Waals surface area contributed by atoms with E-state index in [-0.39, 0.29) is 24.1 Å². The standard InChI is InChI=1S/C12H22N2O2/c1-12(2)8-13(3)11(16)10(6-7-15)14(12)9-4-5-9/h9-10,15H,4-8H2,1-3H3. The molecule has 1 aliphatic heterocycles. The van der Waals surface area contributed by atoms with Crippen LogP contribution in [0.1, 0.15) is 33.1 Å². The molecular formula is C12H22N2O2. The Hall–Kier alpha value is -0.610. The predicted molar refractivity (Wildman–Crippen MR) is 62.1 cm³/mol. The van der Waals surface area contributed by atoms with Gasteiger partial charge in [0.25, 0.3) is 0 Å². The molecule has 1 atom stereocenters. The van der Waals surface area contributed by atoms with E-state index in [0.29, 0.717) is 12.5 Å². The van der Waals surface area contributed by atoms with Gasteiger partial charge in [0.15, 0.2) is 0 Å². The number of carbonyl (C=O) groups is 1. The first-order chi connectivity index (χ1) is 7.47. The Morgan fingerprint density at radius 3 is 2.56 bits per heavy atom. The molecule has 4 nitrogen and oxygen atoms in total. The predicted octanol–water partition coefficient (Wildman–Crippen LogP) is 0.452. The van der Waals surface area contributed by atoms with Gasteiger partial charge in [-0.25, -0.2) is 0 Å². The van der Waals surface area contributed by atoms with Crippen LogP contribution in [0.25, 0.3) is 0 Å². The Labute approximate surface area is 97.2 Å². The van der Waals surface area contributed by atoms with Crippen molar-refractivity contribution < 1.29 is 9.90 Å². The minimum atomic E-state index is -0.119. The first-order valence-corrected chi connectivity index (χ1v) is 6.11. The second-order valence-corrected chi connectivity index (χ2v) is 5.67. The molecule has 1 saturated carbocycles. The molecule has 0 aromatic carbocycles. The Morgan fingerprint density at radius 2 is 2.06 bits per heavy atom. The van der Waals surface area contributed by atoms with Gasteiger partial charge in [0.1, 0.15) is 0 Å². The molecule has 0 radical (unpaired) electrons. The van der Waals surface area contributed by atoms with Crippen LogP contribution in [0.5, 0.6) is 0 Å². The summed E-state index contributed by atoms with van der Waals surface area (Å²) in [7, 11) is 1.86. The first-order valence-electron chi connectivity index (χ1n) is 6.11. The molecule has 1 saturated heterocycles. The lowest BCUT2D eigenvalue weighted by atomic mass is 9.93. The van der Waals surface area contributed by atoms with Crippen LogP contribution in [0.2, 0.25) is 0 Å². The van der Waals surface area contributed by atoms with Gasteiger partial charge in [-0.1, -0.05) is 0 Å². The maximum atomic E-state index is 12.1. The molecule has 1 unspecified atom stereocenters. The molecule has 0 bridgehead atoms. The lowest BCUT2D eigenvalue weighted by Gasteiger charge is -2.50. The highest BCUT2D eigenvalue weighted by Gasteiger charge is 2.49. The highest BCUT2D eigenvalue weighted by molar-refractivity contribution is 5.83. The Balaban J connectivity index is 2.23. The number of carbonyl (C=O) groups excluding carboxylic acids is 1. The quantitative estimate of drug-likeness (QED) is 0.760. The number of likely N-dealkylation sites (N-methyl/N-ethyl adjacent to an activating group) is 1. The van der Waals surface area contributed by atoms with E-state index in [2.05, 4.69) is 18.7 Å². The van der Waals surface area contributed by atoms with E-state index >= 15 is 0 Å². The minimum absolute atomic E-state index is 0.0314. The van der Waals surface area contributed by atoms with Gasteiger partial charge in [-0.2, -0.15) is 0 Å². The Bertz CT molecular complexity index is 287. The largest absolute Gasteiger partial charge is 0.396 e. The SMILES string of the molecule is CN1CC(C)(C)N(C2CC2)C(CCO)C1=O. The number of hydrogen-bond acceptors (Lipinski definition) is 3. The summed E-state index contributed by atoms with van der Waals surface area (Å²) in [6.45, 7) is 5.26. The van der Waals surface area contributed by atoms with E-state index in [4.69, 9.17) is 5.11 Å². The maximum absolute atomic E-state index is 12.1. The average Bonchev–Trinajstić information content (AvgIpc) is 2.97. The molecule has 2 fully saturated rings. The third-order valence-electron chi connectivity index (χ3n) is 3.66. The summed E-state index contributed by atoms with van der Waals surface area (Å²) in [4.78, 5) is 16.3. The average molecular weight is 226 g/mol. The smallest absolute Gasteiger partial charge is 0.239 e. The lowest BCUT2D eigenvalue weighted by molar-refractivity contribution is -0.149. The van der Waals surface area contributed by atoms with Gasteiger partial charge < -0.3 is 10.0 Å². The van der Waals surface area contributed by atoms with Crippen LogP contribution >= 0.6 is 0 Å². The summed E-state index contributed by atoms with van der Waals surface area (Å²) in [5.41, 5.74) is 0.0314. The number of rotatable bonds is 3. The molecule has 1 heterocycles. The monoisotopic (exact) mass is 226 g/mol. The van der Waals surface area contributed by atoms with Gasteiger partial charge >= 0.3 is 0 Å². The summed E-state index contributed by atoms with van der Waals surface area (Å²) in [6, 6.07) is 0.440. The van der Waals surface area contributed by atoms with Crippen LogP contribution in [0, 0.1) is 0 Å². The zero-order valence-electron chi connectivity index (χ0n) is 10.4. The number of aliphatic hydroxyl groups excluding tert-OH is 1. The Kier molecular flexibility index (Phi) is 2.97. The van der Waals surface area contributed by atoms with Crippen molar-refractivity contribution in [3.63, 3.8) is 0 Å². The van der Waals surface area contributed by atoms with Crippen molar-refractivity contribution in [2.45, 2.75) is 50.7 Å². The zero-order chi connectivity index (χ0) is 11.9. The molecule has 1 aliphatic carbocycles. The van der Waals surface area contributed by atoms with E-state index in [9.17, 15) is 4.79 Å². The molecule has 0 spiro atoms. The van der Waals surface area contributed by atoms with Crippen molar-refractivity contribution in [2.24, 2.45) is 0 Å². The van der Waals surface area contributed by atoms with Gasteiger partial charge in [0.05, 0.1) is 6.04 Å². The highest BCUT2D eigenvalue weighted by atomic mass is 16.3. The third-order valence-corrected chi connectivity index (χ3v) is 3.66. The van der Waals surface area contributed by atoms with E-state index in [1.165, 1.54) is 12.8 Å². The summed E-state index contributed by atoms with van der Waals surface area (Å²) in [5.74, 6) is 0.167. The molecule has 2 rings (SSSR count). The van der Waals surface area contributed by atoms with Crippen LogP contribution in [-0.4, -0.2) is 58.6 Å². The van der Waals surface area contributed by atoms with E-state index in [1.807, 2.05) is 7.05 Å². The molecular weight excluding hydrogens is 204 g/mol. The molecule has 4 heteroatoms. The normalized spacial score (nSPS) is 30.9. The zero-order valence-corrected chi connectivity index (χ0v) is 10.4. The number of aliphatic hydroxyl groups is 1. The molecule has 1 amide bonds. The van der Waals surface area contributed by atoms with Crippen molar-refractivity contribution in [2.75, 3.05) is 20.2 Å². The number of piperazine rings is 1. The highest BCUT2D eigenvalue weighted by Crippen LogP contribution is 2.38. The van der Waals surface area contributed by atoms with Crippen molar-refractivity contribution in [3.8, 4) is 0 Å². The van der Waals surface area contributed by atoms with Gasteiger partial charge in [-0.15, -0.1) is 0 Å². The number of amides is 1. The van der Waals surface area contributed by atoms with Crippen LogP contribution in [-0.2, 0) is 4.79 Å². The van der Waals surface area contributed by atoms with Crippen LogP contribution in [0.4, 0.5) is 0 Å². The molecule has 92 valence electrons. The van der Waals surface area contributed by atoms with Crippen LogP contribution in [0.3, 0.4) is 0 Å². The second-order valence-electron chi connectivity index (χ2n) is 5.67. The summed E-state index contributed by atoms with van der Waals surface area (Å²) < 4.78 is 0. The second kappa shape index (κ2) is 4.00. The first kappa shape index (κ1) is 11.9. The summed E-state index contributed by atoms with van der Waals surface area (Å²) in [6.07, 6.45) is 2.95. The minimum Gasteiger partial charge on any atom is -0.396 e. The van der Waals surface area contributed by atoms with Gasteiger partial charge in [-0.05, 0) is 33.1 Å². The van der Waals surface area contributed by atoms with Crippen LogP contribution < -0.4 is 0 Å². The fourth-order valence-corrected chi connectivity index (χ4v) is 3.02. The lowest BCUT2D eigenvalue weighted by Crippen LogP contribution is -2.66. The van der Waals surface area contributed by atoms with Crippen molar-refractivity contribution >= 4 is 5.91 Å². The van der Waals surface area contributed by atoms with Gasteiger partial charge in [0.2, 0.25) is 5.91 Å². The van der Waals surface area contributed by atoms with Crippen molar-refractivity contribution in [1.29, 1.82) is 0 Å². The summed E-state index contributed by atoms with van der Waals surface area (Å²) >= 11 is 0. The van der Waals surface area contributed by atoms with Gasteiger partial charge in [0, 0.05) is 31.8 Å². The molecule has 2 aliphatic rings. The fraction of sp³-hybridized carbons (Fsp3) is 0.917. The van der Waals surface area contributed by atoms with Crippen molar-refractivity contribution in [3.05, 3.63) is 0 Å². The fourth-order valence-electron chi connectivity index (χ4n) is 3.02. The Morgan fingerprint density at radius 1 is 1.44 bits per heavy atom. The number of nitrogens with zero attached hydrogens (tertiary/aromatic N) is 2. The van der Waals surface area contributed by atoms with Crippen LogP contribution in [0.15, 0.2) is 0 Å². The maximum Gasteiger partial charge on any atom is 0.239 e. The van der Waals surface area contributed by atoms with E-state index in [0.717, 1.165) is 6.54 Å². The molecule has 1 N–H and O–H groups in total. The van der Waals surface area contributed by atoms with Crippen molar-refractivity contribution in [1.82, 2.24) is 9.80 Å². The molecule has 16 heavy (non-hydrogen) atoms. The molecule has 0 aromatic heterocycles. The number of hydrogen-bond donors (Lipinski definition) is 1. The topological polar surface area (TPSA) is 43.8 Å². The summed E-state index contributed by atoms with van der Waals surface area (Å²) in [5, 5.41) is 9.12. The van der Waals surface area contributed by atoms with E-state index < -0.39 is 0 Å². The third kappa shape index (κ3) is 1.96. The van der Waals surface area contributed by atoms with Gasteiger partial charge in [-0.3, -0.25) is 9.69 Å².